The van der Waals surface area contributed by atoms with Crippen LogP contribution in [0.1, 0.15) is 27.9 Å². The van der Waals surface area contributed by atoms with Gasteiger partial charge in [0.2, 0.25) is 5.91 Å². The molecule has 0 aromatic heterocycles. The SMILES string of the molecule is O=C(CN1C(=O)NC2(CCOc3ccccc32)C1=O)Nc1ccccc1C(=O)NCc1ccccc1. The van der Waals surface area contributed by atoms with Crippen molar-refractivity contribution in [3.63, 3.8) is 0 Å². The molecule has 182 valence electrons. The van der Waals surface area contributed by atoms with Crippen molar-refractivity contribution in [2.24, 2.45) is 0 Å². The molecule has 1 unspecified atom stereocenters. The van der Waals surface area contributed by atoms with Gasteiger partial charge in [-0.25, -0.2) is 4.79 Å². The van der Waals surface area contributed by atoms with Crippen molar-refractivity contribution >= 4 is 29.4 Å². The molecule has 5 amide bonds. The van der Waals surface area contributed by atoms with Gasteiger partial charge in [-0.2, -0.15) is 0 Å². The number of carbonyl (C=O) groups is 4. The van der Waals surface area contributed by atoms with Gasteiger partial charge in [-0.3, -0.25) is 19.3 Å². The lowest BCUT2D eigenvalue weighted by molar-refractivity contribution is -0.135. The Morgan fingerprint density at radius 3 is 2.50 bits per heavy atom. The number of rotatable bonds is 6. The largest absolute Gasteiger partial charge is 0.493 e. The van der Waals surface area contributed by atoms with E-state index in [0.29, 0.717) is 17.9 Å². The number of anilines is 1. The van der Waals surface area contributed by atoms with Crippen LogP contribution in [0.5, 0.6) is 5.75 Å². The summed E-state index contributed by atoms with van der Waals surface area (Å²) in [7, 11) is 0. The summed E-state index contributed by atoms with van der Waals surface area (Å²) in [5.41, 5.74) is 0.800. The van der Waals surface area contributed by atoms with Gasteiger partial charge in [-0.05, 0) is 23.8 Å². The van der Waals surface area contributed by atoms with Crippen LogP contribution in [0, 0.1) is 0 Å². The Balaban J connectivity index is 1.28. The molecule has 0 radical (unpaired) electrons. The van der Waals surface area contributed by atoms with Gasteiger partial charge in [0, 0.05) is 18.5 Å². The first-order chi connectivity index (χ1) is 17.5. The van der Waals surface area contributed by atoms with Gasteiger partial charge < -0.3 is 20.7 Å². The highest BCUT2D eigenvalue weighted by Gasteiger charge is 2.55. The van der Waals surface area contributed by atoms with Gasteiger partial charge in [-0.15, -0.1) is 0 Å². The predicted molar refractivity (Wildman–Crippen MR) is 131 cm³/mol. The van der Waals surface area contributed by atoms with E-state index in [1.165, 1.54) is 0 Å². The summed E-state index contributed by atoms with van der Waals surface area (Å²) < 4.78 is 5.63. The second-order valence-electron chi connectivity index (χ2n) is 8.58. The number of hydrogen-bond donors (Lipinski definition) is 3. The van der Waals surface area contributed by atoms with E-state index in [1.54, 1.807) is 48.5 Å². The van der Waals surface area contributed by atoms with Crippen molar-refractivity contribution in [1.29, 1.82) is 0 Å². The number of amides is 5. The highest BCUT2D eigenvalue weighted by atomic mass is 16.5. The van der Waals surface area contributed by atoms with Crippen LogP contribution in [0.2, 0.25) is 0 Å². The second-order valence-corrected chi connectivity index (χ2v) is 8.58. The second kappa shape index (κ2) is 9.53. The molecule has 1 atom stereocenters. The molecular weight excluding hydrogens is 460 g/mol. The lowest BCUT2D eigenvalue weighted by Gasteiger charge is -2.33. The van der Waals surface area contributed by atoms with Gasteiger partial charge in [0.15, 0.2) is 5.54 Å². The molecule has 1 spiro atoms. The van der Waals surface area contributed by atoms with E-state index < -0.39 is 29.9 Å². The Kier molecular flexibility index (Phi) is 6.12. The van der Waals surface area contributed by atoms with Crippen molar-refractivity contribution in [3.05, 3.63) is 95.6 Å². The molecule has 9 nitrogen and oxygen atoms in total. The third-order valence-electron chi connectivity index (χ3n) is 6.30. The quantitative estimate of drug-likeness (QED) is 0.465. The van der Waals surface area contributed by atoms with E-state index in [9.17, 15) is 19.2 Å². The van der Waals surface area contributed by atoms with E-state index in [1.807, 2.05) is 30.3 Å². The van der Waals surface area contributed by atoms with Crippen LogP contribution in [0.3, 0.4) is 0 Å². The Morgan fingerprint density at radius 2 is 1.67 bits per heavy atom. The van der Waals surface area contributed by atoms with Crippen molar-refractivity contribution in [2.75, 3.05) is 18.5 Å². The minimum atomic E-state index is -1.26. The molecule has 0 saturated carbocycles. The normalized spacial score (nSPS) is 18.3. The highest BCUT2D eigenvalue weighted by Crippen LogP contribution is 2.40. The molecule has 2 aliphatic heterocycles. The number of benzene rings is 3. The summed E-state index contributed by atoms with van der Waals surface area (Å²) in [4.78, 5) is 52.7. The van der Waals surface area contributed by atoms with Crippen LogP contribution in [0.25, 0.3) is 0 Å². The van der Waals surface area contributed by atoms with Crippen LogP contribution in [0.15, 0.2) is 78.9 Å². The number of ether oxygens (including phenoxy) is 1. The molecule has 3 N–H and O–H groups in total. The third-order valence-corrected chi connectivity index (χ3v) is 6.30. The van der Waals surface area contributed by atoms with Gasteiger partial charge in [0.1, 0.15) is 12.3 Å². The average Bonchev–Trinajstić information content (AvgIpc) is 3.13. The maximum atomic E-state index is 13.4. The molecule has 2 aliphatic rings. The molecule has 3 aromatic carbocycles. The zero-order valence-corrected chi connectivity index (χ0v) is 19.3. The molecular formula is C27H24N4O5. The molecule has 3 aromatic rings. The highest BCUT2D eigenvalue weighted by molar-refractivity contribution is 6.11. The topological polar surface area (TPSA) is 117 Å². The van der Waals surface area contributed by atoms with Gasteiger partial charge >= 0.3 is 6.03 Å². The molecule has 5 rings (SSSR count). The lowest BCUT2D eigenvalue weighted by atomic mass is 9.84. The summed E-state index contributed by atoms with van der Waals surface area (Å²) >= 11 is 0. The van der Waals surface area contributed by atoms with Gasteiger partial charge in [0.05, 0.1) is 17.9 Å². The summed E-state index contributed by atoms with van der Waals surface area (Å²) in [6.07, 6.45) is 0.261. The van der Waals surface area contributed by atoms with Gasteiger partial charge in [0.25, 0.3) is 11.8 Å². The average molecular weight is 485 g/mol. The number of carbonyl (C=O) groups excluding carboxylic acids is 4. The number of nitrogens with zero attached hydrogens (tertiary/aromatic N) is 1. The van der Waals surface area contributed by atoms with E-state index in [4.69, 9.17) is 4.74 Å². The van der Waals surface area contributed by atoms with Crippen LogP contribution in [-0.4, -0.2) is 41.8 Å². The van der Waals surface area contributed by atoms with Crippen molar-refractivity contribution < 1.29 is 23.9 Å². The van der Waals surface area contributed by atoms with Crippen molar-refractivity contribution in [2.45, 2.75) is 18.5 Å². The Bertz CT molecular complexity index is 1340. The smallest absolute Gasteiger partial charge is 0.325 e. The molecule has 9 heteroatoms. The minimum absolute atomic E-state index is 0.258. The van der Waals surface area contributed by atoms with Crippen LogP contribution in [0.4, 0.5) is 10.5 Å². The summed E-state index contributed by atoms with van der Waals surface area (Å²) in [6, 6.07) is 22.4. The Labute approximate surface area is 207 Å². The third kappa shape index (κ3) is 4.26. The first-order valence-corrected chi connectivity index (χ1v) is 11.6. The summed E-state index contributed by atoms with van der Waals surface area (Å²) in [6.45, 7) is 0.0988. The fraction of sp³-hybridized carbons (Fsp3) is 0.185. The monoisotopic (exact) mass is 484 g/mol. The molecule has 0 aliphatic carbocycles. The number of hydrogen-bond acceptors (Lipinski definition) is 5. The first-order valence-electron chi connectivity index (χ1n) is 11.6. The number of nitrogens with one attached hydrogen (secondary N) is 3. The number of fused-ring (bicyclic) bond motifs is 2. The number of para-hydroxylation sites is 2. The van der Waals surface area contributed by atoms with E-state index in [-0.39, 0.29) is 30.2 Å². The van der Waals surface area contributed by atoms with Crippen LogP contribution >= 0.6 is 0 Å². The zero-order valence-electron chi connectivity index (χ0n) is 19.3. The standard InChI is InChI=1S/C27H24N4O5/c32-23(29-21-12-6-4-10-19(21)24(33)28-16-18-8-2-1-3-9-18)17-31-25(34)27(30-26(31)35)14-15-36-22-13-7-5-11-20(22)27/h1-13H,14-17H2,(H,28,33)(H,29,32)(H,30,35). The number of imide groups is 1. The van der Waals surface area contributed by atoms with Crippen LogP contribution < -0.4 is 20.7 Å². The fourth-order valence-corrected chi connectivity index (χ4v) is 4.51. The summed E-state index contributed by atoms with van der Waals surface area (Å²) in [5.74, 6) is -0.937. The minimum Gasteiger partial charge on any atom is -0.493 e. The zero-order chi connectivity index (χ0) is 25.1. The summed E-state index contributed by atoms with van der Waals surface area (Å²) in [5, 5.41) is 8.27. The molecule has 1 saturated heterocycles. The maximum absolute atomic E-state index is 13.4. The van der Waals surface area contributed by atoms with Crippen LogP contribution in [-0.2, 0) is 21.7 Å². The molecule has 36 heavy (non-hydrogen) atoms. The number of urea groups is 1. The van der Waals surface area contributed by atoms with E-state index >= 15 is 0 Å². The lowest BCUT2D eigenvalue weighted by Crippen LogP contribution is -2.48. The molecule has 2 heterocycles. The maximum Gasteiger partial charge on any atom is 0.325 e. The van der Waals surface area contributed by atoms with Crippen molar-refractivity contribution in [1.82, 2.24) is 15.5 Å². The predicted octanol–water partition coefficient (Wildman–Crippen LogP) is 2.78. The first kappa shape index (κ1) is 23.1. The molecule has 1 fully saturated rings. The van der Waals surface area contributed by atoms with Crippen molar-refractivity contribution in [3.8, 4) is 5.75 Å². The van der Waals surface area contributed by atoms with E-state index in [0.717, 1.165) is 10.5 Å². The molecule has 0 bridgehead atoms. The van der Waals surface area contributed by atoms with E-state index in [2.05, 4.69) is 16.0 Å². The van der Waals surface area contributed by atoms with Gasteiger partial charge in [-0.1, -0.05) is 60.7 Å². The Hall–Kier alpha value is -4.66. The Morgan fingerprint density at radius 1 is 0.944 bits per heavy atom. The fourth-order valence-electron chi connectivity index (χ4n) is 4.51.